The molecule has 0 aliphatic rings. The maximum absolute atomic E-state index is 12.8. The fourth-order valence-corrected chi connectivity index (χ4v) is 2.68. The summed E-state index contributed by atoms with van der Waals surface area (Å²) in [6, 6.07) is 2.50. The minimum Gasteiger partial charge on any atom is -0.390 e. The molecule has 3 heterocycles. The molecule has 0 spiro atoms. The third kappa shape index (κ3) is 2.01. The van der Waals surface area contributed by atoms with Gasteiger partial charge in [-0.2, -0.15) is 13.2 Å². The van der Waals surface area contributed by atoms with Crippen LogP contribution in [0.1, 0.15) is 5.56 Å². The normalized spacial score (nSPS) is 12.2. The number of nitrogen functional groups attached to an aromatic ring is 1. The second-order valence-electron chi connectivity index (χ2n) is 3.99. The van der Waals surface area contributed by atoms with Crippen molar-refractivity contribution in [1.29, 1.82) is 0 Å². The second kappa shape index (κ2) is 4.35. The van der Waals surface area contributed by atoms with E-state index < -0.39 is 11.7 Å². The van der Waals surface area contributed by atoms with Crippen molar-refractivity contribution in [3.63, 3.8) is 0 Å². The van der Waals surface area contributed by atoms with E-state index in [1.54, 1.807) is 11.4 Å². The van der Waals surface area contributed by atoms with Gasteiger partial charge in [-0.1, -0.05) is 11.6 Å². The van der Waals surface area contributed by atoms with Gasteiger partial charge >= 0.3 is 6.18 Å². The van der Waals surface area contributed by atoms with Crippen molar-refractivity contribution < 1.29 is 13.2 Å². The second-order valence-corrected chi connectivity index (χ2v) is 5.35. The van der Waals surface area contributed by atoms with Gasteiger partial charge in [0.1, 0.15) is 0 Å². The number of hydrogen-bond acceptors (Lipinski definition) is 4. The average Bonchev–Trinajstić information content (AvgIpc) is 2.93. The molecule has 3 rings (SSSR count). The first-order valence-corrected chi connectivity index (χ1v) is 6.58. The van der Waals surface area contributed by atoms with Gasteiger partial charge in [-0.25, -0.2) is 0 Å². The van der Waals surface area contributed by atoms with Crippen LogP contribution in [0.4, 0.5) is 18.2 Å². The molecule has 104 valence electrons. The first-order valence-electron chi connectivity index (χ1n) is 5.33. The summed E-state index contributed by atoms with van der Waals surface area (Å²) < 4.78 is 39.7. The van der Waals surface area contributed by atoms with Gasteiger partial charge < -0.3 is 5.73 Å². The van der Waals surface area contributed by atoms with Crippen LogP contribution in [0.3, 0.4) is 0 Å². The van der Waals surface area contributed by atoms with E-state index in [-0.39, 0.29) is 16.5 Å². The highest BCUT2D eigenvalue weighted by atomic mass is 35.5. The number of aromatic nitrogens is 3. The molecule has 0 amide bonds. The molecule has 20 heavy (non-hydrogen) atoms. The molecular formula is C11H6ClF3N4S. The van der Waals surface area contributed by atoms with E-state index in [4.69, 9.17) is 17.3 Å². The van der Waals surface area contributed by atoms with Gasteiger partial charge in [-0.05, 0) is 17.5 Å². The van der Waals surface area contributed by atoms with Crippen molar-refractivity contribution in [2.75, 3.05) is 5.73 Å². The highest BCUT2D eigenvalue weighted by Crippen LogP contribution is 2.35. The quantitative estimate of drug-likeness (QED) is 0.744. The summed E-state index contributed by atoms with van der Waals surface area (Å²) in [6.45, 7) is 0. The zero-order valence-corrected chi connectivity index (χ0v) is 11.2. The number of pyridine rings is 1. The van der Waals surface area contributed by atoms with Gasteiger partial charge in [-0.15, -0.1) is 21.5 Å². The SMILES string of the molecule is Nc1sccc1-c1nnc2c(Cl)cc(C(F)(F)F)cn12. The van der Waals surface area contributed by atoms with Gasteiger partial charge in [0.25, 0.3) is 0 Å². The van der Waals surface area contributed by atoms with Crippen molar-refractivity contribution in [3.8, 4) is 11.4 Å². The highest BCUT2D eigenvalue weighted by Gasteiger charge is 2.32. The molecule has 4 nitrogen and oxygen atoms in total. The third-order valence-corrected chi connectivity index (χ3v) is 3.75. The number of nitrogens with zero attached hydrogens (tertiary/aromatic N) is 3. The van der Waals surface area contributed by atoms with Gasteiger partial charge in [-0.3, -0.25) is 4.40 Å². The highest BCUT2D eigenvalue weighted by molar-refractivity contribution is 7.14. The number of anilines is 1. The first kappa shape index (κ1) is 13.2. The maximum Gasteiger partial charge on any atom is 0.417 e. The molecule has 0 radical (unpaired) electrons. The lowest BCUT2D eigenvalue weighted by atomic mass is 10.2. The van der Waals surface area contributed by atoms with Crippen LogP contribution >= 0.6 is 22.9 Å². The van der Waals surface area contributed by atoms with E-state index in [0.29, 0.717) is 10.6 Å². The summed E-state index contributed by atoms with van der Waals surface area (Å²) in [5, 5.41) is 9.73. The molecule has 3 aromatic heterocycles. The number of fused-ring (bicyclic) bond motifs is 1. The largest absolute Gasteiger partial charge is 0.417 e. The van der Waals surface area contributed by atoms with Crippen molar-refractivity contribution in [2.45, 2.75) is 6.18 Å². The minimum absolute atomic E-state index is 0.118. The van der Waals surface area contributed by atoms with E-state index >= 15 is 0 Å². The van der Waals surface area contributed by atoms with E-state index in [2.05, 4.69) is 10.2 Å². The van der Waals surface area contributed by atoms with Crippen LogP contribution in [0.5, 0.6) is 0 Å². The Balaban J connectivity index is 2.31. The Morgan fingerprint density at radius 2 is 2.05 bits per heavy atom. The number of rotatable bonds is 1. The topological polar surface area (TPSA) is 56.2 Å². The van der Waals surface area contributed by atoms with Crippen molar-refractivity contribution in [1.82, 2.24) is 14.6 Å². The predicted molar refractivity (Wildman–Crippen MR) is 70.7 cm³/mol. The molecule has 0 atom stereocenters. The van der Waals surface area contributed by atoms with Crippen LogP contribution in [0, 0.1) is 0 Å². The van der Waals surface area contributed by atoms with Gasteiger partial charge in [0, 0.05) is 6.20 Å². The maximum atomic E-state index is 12.8. The van der Waals surface area contributed by atoms with Crippen LogP contribution in [-0.2, 0) is 6.18 Å². The summed E-state index contributed by atoms with van der Waals surface area (Å²) in [6.07, 6.45) is -3.59. The smallest absolute Gasteiger partial charge is 0.390 e. The minimum atomic E-state index is -4.50. The fourth-order valence-electron chi connectivity index (χ4n) is 1.80. The number of hydrogen-bond donors (Lipinski definition) is 1. The fraction of sp³-hybridized carbons (Fsp3) is 0.0909. The molecule has 9 heteroatoms. The van der Waals surface area contributed by atoms with Crippen LogP contribution in [0.15, 0.2) is 23.7 Å². The van der Waals surface area contributed by atoms with Crippen LogP contribution in [-0.4, -0.2) is 14.6 Å². The van der Waals surface area contributed by atoms with E-state index in [0.717, 1.165) is 12.3 Å². The standard InChI is InChI=1S/C11H6ClF3N4S/c12-7-3-5(11(13,14)15)4-19-9(17-18-10(7)19)6-1-2-20-8(6)16/h1-4H,16H2. The Morgan fingerprint density at radius 1 is 1.30 bits per heavy atom. The average molecular weight is 319 g/mol. The Bertz CT molecular complexity index is 793. The molecule has 0 saturated heterocycles. The summed E-state index contributed by atoms with van der Waals surface area (Å²) in [4.78, 5) is 0. The summed E-state index contributed by atoms with van der Waals surface area (Å²) in [5.41, 5.74) is 5.58. The van der Waals surface area contributed by atoms with Gasteiger partial charge in [0.2, 0.25) is 0 Å². The monoisotopic (exact) mass is 318 g/mol. The molecular weight excluding hydrogens is 313 g/mol. The third-order valence-electron chi connectivity index (χ3n) is 2.72. The molecule has 0 aliphatic heterocycles. The Morgan fingerprint density at radius 3 is 2.65 bits per heavy atom. The summed E-state index contributed by atoms with van der Waals surface area (Å²) in [7, 11) is 0. The number of alkyl halides is 3. The van der Waals surface area contributed by atoms with Crippen LogP contribution in [0.25, 0.3) is 17.0 Å². The molecule has 0 aromatic carbocycles. The Labute approximate surface area is 119 Å². The van der Waals surface area contributed by atoms with Crippen LogP contribution in [0.2, 0.25) is 5.02 Å². The zero-order valence-electron chi connectivity index (χ0n) is 9.65. The molecule has 0 unspecified atom stereocenters. The molecule has 0 bridgehead atoms. The summed E-state index contributed by atoms with van der Waals surface area (Å²) >= 11 is 7.10. The molecule has 3 aromatic rings. The number of thiophene rings is 1. The van der Waals surface area contributed by atoms with Crippen molar-refractivity contribution in [2.24, 2.45) is 0 Å². The van der Waals surface area contributed by atoms with Crippen LogP contribution < -0.4 is 5.73 Å². The predicted octanol–water partition coefficient (Wildman–Crippen LogP) is 3.71. The van der Waals surface area contributed by atoms with E-state index in [1.165, 1.54) is 15.7 Å². The summed E-state index contributed by atoms with van der Waals surface area (Å²) in [5.74, 6) is 0.228. The number of nitrogens with two attached hydrogens (primary N) is 1. The molecule has 0 aliphatic carbocycles. The molecule has 0 fully saturated rings. The van der Waals surface area contributed by atoms with Gasteiger partial charge in [0.05, 0.1) is 21.2 Å². The lowest BCUT2D eigenvalue weighted by Crippen LogP contribution is -2.07. The molecule has 0 saturated carbocycles. The number of halogens is 4. The van der Waals surface area contributed by atoms with Gasteiger partial charge in [0.15, 0.2) is 11.5 Å². The lowest BCUT2D eigenvalue weighted by Gasteiger charge is -2.08. The van der Waals surface area contributed by atoms with E-state index in [9.17, 15) is 13.2 Å². The van der Waals surface area contributed by atoms with E-state index in [1.807, 2.05) is 0 Å². The van der Waals surface area contributed by atoms with Crippen molar-refractivity contribution >= 4 is 33.6 Å². The Kier molecular flexibility index (Phi) is 2.87. The molecule has 2 N–H and O–H groups in total. The van der Waals surface area contributed by atoms with Crippen molar-refractivity contribution in [3.05, 3.63) is 34.3 Å². The lowest BCUT2D eigenvalue weighted by molar-refractivity contribution is -0.137. The Hall–Kier alpha value is -1.80. The first-order chi connectivity index (χ1) is 9.38. The zero-order chi connectivity index (χ0) is 14.5.